The summed E-state index contributed by atoms with van der Waals surface area (Å²) in [5.74, 6) is -0.523. The quantitative estimate of drug-likeness (QED) is 0.0244. The monoisotopic (exact) mass is 756 g/mol. The minimum Gasteiger partial charge on any atom is -0.463 e. The molecule has 0 saturated carbocycles. The van der Waals surface area contributed by atoms with Gasteiger partial charge < -0.3 is 20.1 Å². The van der Waals surface area contributed by atoms with Crippen LogP contribution in [0, 0.1) is 0 Å². The van der Waals surface area contributed by atoms with Crippen LogP contribution >= 0.6 is 7.82 Å². The maximum absolute atomic E-state index is 12.0. The Morgan fingerprint density at radius 3 is 1.60 bits per heavy atom. The van der Waals surface area contributed by atoms with Crippen LogP contribution < -0.4 is 5.32 Å². The molecule has 1 amide bonds. The number of unbranched alkanes of at least 4 members (excludes halogenated alkanes) is 20. The number of phosphoric ester groups is 1. The fraction of sp³-hybridized carbons (Fsp3) is 0.810. The summed E-state index contributed by atoms with van der Waals surface area (Å²) in [6.45, 7) is 3.49. The van der Waals surface area contributed by atoms with Crippen molar-refractivity contribution >= 4 is 19.7 Å². The van der Waals surface area contributed by atoms with E-state index in [1.807, 2.05) is 0 Å². The number of hydrogen-bond donors (Lipinski definition) is 3. The number of aliphatic hydroxyl groups is 1. The topological polar surface area (TPSA) is 131 Å². The summed E-state index contributed by atoms with van der Waals surface area (Å²) in [5.41, 5.74) is 0. The van der Waals surface area contributed by atoms with Crippen LogP contribution in [0.25, 0.3) is 0 Å². The van der Waals surface area contributed by atoms with Crippen molar-refractivity contribution in [1.82, 2.24) is 5.32 Å². The highest BCUT2D eigenvalue weighted by Gasteiger charge is 2.23. The van der Waals surface area contributed by atoms with Crippen LogP contribution in [0.3, 0.4) is 0 Å². The predicted octanol–water partition coefficient (Wildman–Crippen LogP) is 11.4. The van der Waals surface area contributed by atoms with Crippen molar-refractivity contribution < 1.29 is 37.9 Å². The average Bonchev–Trinajstić information content (AvgIpc) is 3.13. The second-order valence-corrected chi connectivity index (χ2v) is 15.4. The Balaban J connectivity index is 3.58. The van der Waals surface area contributed by atoms with Crippen molar-refractivity contribution in [3.63, 3.8) is 0 Å². The van der Waals surface area contributed by atoms with E-state index in [2.05, 4.69) is 55.6 Å². The Morgan fingerprint density at radius 2 is 1.04 bits per heavy atom. The molecular weight excluding hydrogens is 677 g/mol. The summed E-state index contributed by atoms with van der Waals surface area (Å²) in [5, 5.41) is 12.6. The van der Waals surface area contributed by atoms with Gasteiger partial charge in [-0.15, -0.1) is 0 Å². The zero-order valence-corrected chi connectivity index (χ0v) is 34.1. The van der Waals surface area contributed by atoms with Crippen molar-refractivity contribution in [2.75, 3.05) is 26.4 Å². The lowest BCUT2D eigenvalue weighted by atomic mass is 10.1. The maximum atomic E-state index is 12.0. The van der Waals surface area contributed by atoms with Crippen LogP contribution in [0.15, 0.2) is 36.5 Å². The van der Waals surface area contributed by atoms with E-state index in [9.17, 15) is 24.2 Å². The highest BCUT2D eigenvalue weighted by atomic mass is 31.2. The molecule has 0 rings (SSSR count). The average molecular weight is 756 g/mol. The fourth-order valence-electron chi connectivity index (χ4n) is 5.62. The van der Waals surface area contributed by atoms with E-state index in [-0.39, 0.29) is 32.1 Å². The summed E-state index contributed by atoms with van der Waals surface area (Å²) in [4.78, 5) is 33.7. The molecule has 0 saturated heterocycles. The first-order valence-electron chi connectivity index (χ1n) is 21.0. The fourth-order valence-corrected chi connectivity index (χ4v) is 6.38. The Morgan fingerprint density at radius 1 is 0.596 bits per heavy atom. The van der Waals surface area contributed by atoms with Gasteiger partial charge in [0.05, 0.1) is 13.2 Å². The third-order valence-corrected chi connectivity index (χ3v) is 9.81. The number of carbonyl (C=O) groups excluding carboxylic acids is 2. The molecule has 3 N–H and O–H groups in total. The van der Waals surface area contributed by atoms with Gasteiger partial charge in [-0.05, 0) is 51.4 Å². The Hall–Kier alpha value is -1.77. The molecule has 9 nitrogen and oxygen atoms in total. The Kier molecular flexibility index (Phi) is 37.6. The molecule has 0 fully saturated rings. The van der Waals surface area contributed by atoms with Gasteiger partial charge in [0.1, 0.15) is 12.7 Å². The van der Waals surface area contributed by atoms with E-state index in [1.165, 1.54) is 109 Å². The summed E-state index contributed by atoms with van der Waals surface area (Å²) < 4.78 is 26.8. The van der Waals surface area contributed by atoms with Crippen LogP contribution in [0.2, 0.25) is 0 Å². The van der Waals surface area contributed by atoms with Crippen LogP contribution in [0.5, 0.6) is 0 Å². The van der Waals surface area contributed by atoms with Gasteiger partial charge >= 0.3 is 13.8 Å². The highest BCUT2D eigenvalue weighted by Crippen LogP contribution is 2.42. The number of aliphatic hydroxyl groups excluding tert-OH is 1. The lowest BCUT2D eigenvalue weighted by Crippen LogP contribution is -2.27. The first-order valence-corrected chi connectivity index (χ1v) is 22.5. The smallest absolute Gasteiger partial charge is 0.463 e. The summed E-state index contributed by atoms with van der Waals surface area (Å²) >= 11 is 0. The molecule has 0 aromatic heterocycles. The number of esters is 1. The Labute approximate surface area is 318 Å². The van der Waals surface area contributed by atoms with Crippen LogP contribution in [-0.2, 0) is 27.9 Å². The standard InChI is InChI=1S/C42H78NO8P/c1-3-5-7-9-11-13-14-15-16-17-18-19-20-21-22-23-24-25-26-27-29-31-33-35-42(46)49-38-40(44)39-51-52(47,48)50-37-36-43-41(45)34-32-30-28-12-10-8-6-4-2/h11,13,15-16,18-19,40,44H,3-10,12,14,17,20-39H2,1-2H3,(H,43,45)(H,47,48)/b13-11-,16-15-,19-18-. The van der Waals surface area contributed by atoms with Gasteiger partial charge in [0, 0.05) is 19.4 Å². The van der Waals surface area contributed by atoms with Crippen molar-refractivity contribution in [3.05, 3.63) is 36.5 Å². The lowest BCUT2D eigenvalue weighted by Gasteiger charge is -2.15. The third kappa shape index (κ3) is 39.4. The van der Waals surface area contributed by atoms with E-state index < -0.39 is 26.5 Å². The first kappa shape index (κ1) is 50.2. The molecule has 2 atom stereocenters. The largest absolute Gasteiger partial charge is 0.472 e. The van der Waals surface area contributed by atoms with E-state index >= 15 is 0 Å². The number of carbonyl (C=O) groups is 2. The number of phosphoric acid groups is 1. The summed E-state index contributed by atoms with van der Waals surface area (Å²) in [6, 6.07) is 0. The lowest BCUT2D eigenvalue weighted by molar-refractivity contribution is -0.147. The number of rotatable bonds is 39. The number of ether oxygens (including phenoxy) is 1. The molecule has 0 heterocycles. The van der Waals surface area contributed by atoms with Gasteiger partial charge in [-0.25, -0.2) is 4.57 Å². The maximum Gasteiger partial charge on any atom is 0.472 e. The molecule has 10 heteroatoms. The molecule has 0 bridgehead atoms. The van der Waals surface area contributed by atoms with Crippen molar-refractivity contribution in [2.24, 2.45) is 0 Å². The van der Waals surface area contributed by atoms with E-state index in [1.54, 1.807) is 0 Å². The van der Waals surface area contributed by atoms with Crippen molar-refractivity contribution in [2.45, 2.75) is 193 Å². The van der Waals surface area contributed by atoms with Crippen LogP contribution in [-0.4, -0.2) is 54.3 Å². The molecular formula is C42H78NO8P. The van der Waals surface area contributed by atoms with Gasteiger partial charge in [0.15, 0.2) is 0 Å². The van der Waals surface area contributed by atoms with Gasteiger partial charge in [0.25, 0.3) is 0 Å². The molecule has 0 radical (unpaired) electrons. The van der Waals surface area contributed by atoms with Gasteiger partial charge in [-0.2, -0.15) is 0 Å². The number of amides is 1. The van der Waals surface area contributed by atoms with Gasteiger partial charge in [-0.3, -0.25) is 18.6 Å². The first-order chi connectivity index (χ1) is 25.3. The van der Waals surface area contributed by atoms with Crippen molar-refractivity contribution in [1.29, 1.82) is 0 Å². The molecule has 0 aromatic carbocycles. The molecule has 2 unspecified atom stereocenters. The van der Waals surface area contributed by atoms with E-state index in [0.717, 1.165) is 51.4 Å². The van der Waals surface area contributed by atoms with Crippen LogP contribution in [0.4, 0.5) is 0 Å². The number of allylic oxidation sites excluding steroid dienone is 6. The van der Waals surface area contributed by atoms with Crippen LogP contribution in [0.1, 0.15) is 187 Å². The third-order valence-electron chi connectivity index (χ3n) is 8.82. The number of hydrogen-bond acceptors (Lipinski definition) is 7. The second kappa shape index (κ2) is 38.9. The summed E-state index contributed by atoms with van der Waals surface area (Å²) in [7, 11) is -4.41. The zero-order chi connectivity index (χ0) is 38.2. The van der Waals surface area contributed by atoms with Gasteiger partial charge in [0.2, 0.25) is 5.91 Å². The normalized spacial score (nSPS) is 13.7. The molecule has 52 heavy (non-hydrogen) atoms. The summed E-state index contributed by atoms with van der Waals surface area (Å²) in [6.07, 6.45) is 42.3. The SMILES string of the molecule is CCCCC/C=C\C/C=C\C/C=C\CCCCCCCCCCCCC(=O)OCC(O)COP(=O)(O)OCCNC(=O)CCCCCCCCCC. The molecule has 0 aliphatic carbocycles. The predicted molar refractivity (Wildman–Crippen MR) is 215 cm³/mol. The van der Waals surface area contributed by atoms with Crippen molar-refractivity contribution in [3.8, 4) is 0 Å². The molecule has 0 spiro atoms. The zero-order valence-electron chi connectivity index (χ0n) is 33.3. The molecule has 0 aromatic rings. The van der Waals surface area contributed by atoms with E-state index in [0.29, 0.717) is 6.42 Å². The molecule has 0 aliphatic heterocycles. The van der Waals surface area contributed by atoms with Gasteiger partial charge in [-0.1, -0.05) is 159 Å². The molecule has 0 aliphatic rings. The molecule has 304 valence electrons. The second-order valence-electron chi connectivity index (χ2n) is 14.0. The minimum absolute atomic E-state index is 0.0824. The number of nitrogens with one attached hydrogen (secondary N) is 1. The highest BCUT2D eigenvalue weighted by molar-refractivity contribution is 7.47. The van der Waals surface area contributed by atoms with E-state index in [4.69, 9.17) is 13.8 Å². The Bertz CT molecular complexity index is 954. The minimum atomic E-state index is -4.41.